The van der Waals surface area contributed by atoms with E-state index in [9.17, 15) is 0 Å². The molecule has 3 nitrogen and oxygen atoms in total. The predicted molar refractivity (Wildman–Crippen MR) is 66.8 cm³/mol. The Morgan fingerprint density at radius 1 is 1.56 bits per heavy atom. The second-order valence-electron chi connectivity index (χ2n) is 4.58. The monoisotopic (exact) mass is 240 g/mol. The van der Waals surface area contributed by atoms with E-state index in [1.54, 1.807) is 11.3 Å². The van der Waals surface area contributed by atoms with Crippen molar-refractivity contribution in [3.8, 4) is 0 Å². The normalized spacial score (nSPS) is 24.6. The Kier molecular flexibility index (Phi) is 3.95. The van der Waals surface area contributed by atoms with Gasteiger partial charge in [0.15, 0.2) is 0 Å². The van der Waals surface area contributed by atoms with Gasteiger partial charge in [0, 0.05) is 29.8 Å². The second kappa shape index (κ2) is 5.25. The number of hydrogen-bond donors (Lipinski definition) is 1. The Bertz CT molecular complexity index is 334. The average molecular weight is 240 g/mol. The molecule has 0 bridgehead atoms. The lowest BCUT2D eigenvalue weighted by Crippen LogP contribution is -2.35. The summed E-state index contributed by atoms with van der Waals surface area (Å²) in [6, 6.07) is 0.904. The van der Waals surface area contributed by atoms with Crippen LogP contribution in [0.4, 0.5) is 0 Å². The highest BCUT2D eigenvalue weighted by Gasteiger charge is 2.23. The Hall–Kier alpha value is -0.450. The summed E-state index contributed by atoms with van der Waals surface area (Å²) >= 11 is 1.78. The van der Waals surface area contributed by atoms with Crippen LogP contribution in [0.3, 0.4) is 0 Å². The van der Waals surface area contributed by atoms with Crippen LogP contribution in [0.15, 0.2) is 6.20 Å². The summed E-state index contributed by atoms with van der Waals surface area (Å²) in [4.78, 5) is 5.62. The number of thiazole rings is 1. The zero-order valence-corrected chi connectivity index (χ0v) is 11.0. The van der Waals surface area contributed by atoms with E-state index in [-0.39, 0.29) is 0 Å². The maximum Gasteiger partial charge on any atom is 0.0897 e. The first-order chi connectivity index (χ1) is 7.66. The molecule has 1 aromatic rings. The van der Waals surface area contributed by atoms with E-state index < -0.39 is 0 Å². The quantitative estimate of drug-likeness (QED) is 0.878. The van der Waals surface area contributed by atoms with Gasteiger partial charge in [-0.05, 0) is 33.1 Å². The number of rotatable bonds is 4. The van der Waals surface area contributed by atoms with Crippen molar-refractivity contribution in [2.24, 2.45) is 5.92 Å². The van der Waals surface area contributed by atoms with Crippen molar-refractivity contribution in [1.82, 2.24) is 10.3 Å². The van der Waals surface area contributed by atoms with Gasteiger partial charge in [0.2, 0.25) is 0 Å². The lowest BCUT2D eigenvalue weighted by atomic mass is 10.00. The van der Waals surface area contributed by atoms with Crippen LogP contribution in [0.25, 0.3) is 0 Å². The molecule has 3 atom stereocenters. The molecular formula is C12H20N2OS. The summed E-state index contributed by atoms with van der Waals surface area (Å²) in [7, 11) is 0. The summed E-state index contributed by atoms with van der Waals surface area (Å²) in [5, 5.41) is 4.78. The van der Waals surface area contributed by atoms with Crippen molar-refractivity contribution in [3.63, 3.8) is 0 Å². The van der Waals surface area contributed by atoms with Crippen molar-refractivity contribution in [1.29, 1.82) is 0 Å². The van der Waals surface area contributed by atoms with Gasteiger partial charge in [0.25, 0.3) is 0 Å². The molecule has 2 heterocycles. The maximum absolute atomic E-state index is 5.42. The lowest BCUT2D eigenvalue weighted by Gasteiger charge is -2.23. The highest BCUT2D eigenvalue weighted by Crippen LogP contribution is 2.23. The van der Waals surface area contributed by atoms with Gasteiger partial charge in [-0.15, -0.1) is 11.3 Å². The van der Waals surface area contributed by atoms with Gasteiger partial charge in [-0.1, -0.05) is 0 Å². The molecule has 16 heavy (non-hydrogen) atoms. The van der Waals surface area contributed by atoms with Crippen LogP contribution >= 0.6 is 11.3 Å². The third kappa shape index (κ3) is 2.81. The summed E-state index contributed by atoms with van der Waals surface area (Å²) in [6.07, 6.45) is 3.16. The molecular weight excluding hydrogens is 220 g/mol. The molecule has 1 N–H and O–H groups in total. The van der Waals surface area contributed by atoms with E-state index >= 15 is 0 Å². The third-order valence-corrected chi connectivity index (χ3v) is 4.35. The Labute approximate surface area is 101 Å². The molecule has 1 aliphatic rings. The highest BCUT2D eigenvalue weighted by molar-refractivity contribution is 7.11. The summed E-state index contributed by atoms with van der Waals surface area (Å²) < 4.78 is 5.42. The van der Waals surface area contributed by atoms with Crippen LogP contribution in [0.1, 0.15) is 36.2 Å². The van der Waals surface area contributed by atoms with Crippen molar-refractivity contribution in [2.75, 3.05) is 13.2 Å². The first kappa shape index (κ1) is 12.0. The molecule has 0 aromatic carbocycles. The fourth-order valence-electron chi connectivity index (χ4n) is 2.14. The summed E-state index contributed by atoms with van der Waals surface area (Å²) in [5.41, 5.74) is 0. The molecule has 1 aromatic heterocycles. The zero-order valence-electron chi connectivity index (χ0n) is 10.2. The van der Waals surface area contributed by atoms with E-state index in [0.717, 1.165) is 18.2 Å². The molecule has 0 amide bonds. The van der Waals surface area contributed by atoms with E-state index in [0.29, 0.717) is 18.0 Å². The highest BCUT2D eigenvalue weighted by atomic mass is 32.1. The third-order valence-electron chi connectivity index (χ3n) is 3.25. The topological polar surface area (TPSA) is 34.2 Å². The molecule has 2 rings (SSSR count). The number of nitrogens with zero attached hydrogens (tertiary/aromatic N) is 1. The Balaban J connectivity index is 1.88. The second-order valence-corrected chi connectivity index (χ2v) is 5.85. The van der Waals surface area contributed by atoms with E-state index in [1.807, 2.05) is 6.20 Å². The van der Waals surface area contributed by atoms with Gasteiger partial charge in [0.1, 0.15) is 0 Å². The van der Waals surface area contributed by atoms with Crippen molar-refractivity contribution >= 4 is 11.3 Å². The van der Waals surface area contributed by atoms with E-state index in [4.69, 9.17) is 4.74 Å². The van der Waals surface area contributed by atoms with E-state index in [1.165, 1.54) is 11.3 Å². The number of aryl methyl sites for hydroxylation is 1. The SMILES string of the molecule is Cc1ncc(C(C)NC(C)C2CCOC2)s1. The van der Waals surface area contributed by atoms with Gasteiger partial charge < -0.3 is 10.1 Å². The van der Waals surface area contributed by atoms with Crippen LogP contribution in [-0.4, -0.2) is 24.2 Å². The first-order valence-corrected chi connectivity index (χ1v) is 6.74. The van der Waals surface area contributed by atoms with Crippen LogP contribution in [0.2, 0.25) is 0 Å². The summed E-state index contributed by atoms with van der Waals surface area (Å²) in [5.74, 6) is 0.663. The van der Waals surface area contributed by atoms with Crippen molar-refractivity contribution in [2.45, 2.75) is 39.3 Å². The molecule has 0 radical (unpaired) electrons. The van der Waals surface area contributed by atoms with Gasteiger partial charge in [-0.2, -0.15) is 0 Å². The summed E-state index contributed by atoms with van der Waals surface area (Å²) in [6.45, 7) is 8.34. The molecule has 0 aliphatic carbocycles. The Morgan fingerprint density at radius 2 is 2.38 bits per heavy atom. The zero-order chi connectivity index (χ0) is 11.5. The van der Waals surface area contributed by atoms with Gasteiger partial charge in [0.05, 0.1) is 11.6 Å². The van der Waals surface area contributed by atoms with E-state index in [2.05, 4.69) is 31.1 Å². The predicted octanol–water partition coefficient (Wildman–Crippen LogP) is 2.53. The molecule has 1 aliphatic heterocycles. The van der Waals surface area contributed by atoms with Crippen LogP contribution in [0.5, 0.6) is 0 Å². The minimum Gasteiger partial charge on any atom is -0.381 e. The van der Waals surface area contributed by atoms with Gasteiger partial charge >= 0.3 is 0 Å². The molecule has 0 saturated carbocycles. The van der Waals surface area contributed by atoms with Crippen molar-refractivity contribution < 1.29 is 4.74 Å². The fraction of sp³-hybridized carbons (Fsp3) is 0.750. The number of hydrogen-bond acceptors (Lipinski definition) is 4. The van der Waals surface area contributed by atoms with Crippen LogP contribution in [-0.2, 0) is 4.74 Å². The molecule has 90 valence electrons. The largest absolute Gasteiger partial charge is 0.381 e. The Morgan fingerprint density at radius 3 is 2.94 bits per heavy atom. The minimum atomic E-state index is 0.391. The minimum absolute atomic E-state index is 0.391. The molecule has 0 spiro atoms. The fourth-order valence-corrected chi connectivity index (χ4v) is 2.93. The number of ether oxygens (including phenoxy) is 1. The van der Waals surface area contributed by atoms with Crippen LogP contribution in [0, 0.1) is 12.8 Å². The van der Waals surface area contributed by atoms with Gasteiger partial charge in [-0.3, -0.25) is 0 Å². The van der Waals surface area contributed by atoms with Crippen molar-refractivity contribution in [3.05, 3.63) is 16.1 Å². The molecule has 3 unspecified atom stereocenters. The molecule has 1 fully saturated rings. The standard InChI is InChI=1S/C12H20N2OS/c1-8(11-4-5-15-7-11)14-9(2)12-6-13-10(3)16-12/h6,8-9,11,14H,4-5,7H2,1-3H3. The number of nitrogens with one attached hydrogen (secondary N) is 1. The van der Waals surface area contributed by atoms with Gasteiger partial charge in [-0.25, -0.2) is 4.98 Å². The maximum atomic E-state index is 5.42. The lowest BCUT2D eigenvalue weighted by molar-refractivity contribution is 0.177. The smallest absolute Gasteiger partial charge is 0.0897 e. The molecule has 1 saturated heterocycles. The first-order valence-electron chi connectivity index (χ1n) is 5.93. The average Bonchev–Trinajstić information content (AvgIpc) is 2.87. The number of aromatic nitrogens is 1. The van der Waals surface area contributed by atoms with Crippen LogP contribution < -0.4 is 5.32 Å². The molecule has 4 heteroatoms.